The van der Waals surface area contributed by atoms with Gasteiger partial charge in [0.15, 0.2) is 5.78 Å². The smallest absolute Gasteiger partial charge is 0.339 e. The monoisotopic (exact) mass is 793 g/mol. The number of hydrogen-bond donors (Lipinski definition) is 1. The van der Waals surface area contributed by atoms with Crippen molar-refractivity contribution in [3.63, 3.8) is 0 Å². The number of benzene rings is 3. The van der Waals surface area contributed by atoms with Gasteiger partial charge in [-0.05, 0) is 118 Å². The molecule has 13 heteroatoms. The molecule has 0 fully saturated rings. The molecule has 1 amide bonds. The highest BCUT2D eigenvalue weighted by Gasteiger charge is 2.31. The van der Waals surface area contributed by atoms with E-state index in [1.54, 1.807) is 32.0 Å². The molecule has 1 aliphatic rings. The number of pyridine rings is 1. The molecule has 5 aromatic rings. The number of carbonyl (C=O) groups excluding carboxylic acids is 4. The van der Waals surface area contributed by atoms with Gasteiger partial charge in [-0.2, -0.15) is 0 Å². The second-order valence-corrected chi connectivity index (χ2v) is 16.8. The first kappa shape index (κ1) is 40.0. The number of thiophene rings is 1. The number of esters is 2. The molecule has 0 radical (unpaired) electrons. The molecular formula is C43H43N3O8S2. The summed E-state index contributed by atoms with van der Waals surface area (Å²) in [6.45, 7) is 3.41. The second-order valence-electron chi connectivity index (χ2n) is 13.8. The lowest BCUT2D eigenvalue weighted by atomic mass is 9.93. The Hall–Kier alpha value is -5.66. The molecule has 2 aromatic heterocycles. The van der Waals surface area contributed by atoms with Crippen LogP contribution in [0.1, 0.15) is 94.6 Å². The SMILES string of the molecule is COC(=O)c1ccc(CCc2ccc(NC(=O)c3c(CC(=O)c4cccc(S(=O)(=O)N(c5ccc(C(=O)OC)cn5)C(C)C)c4)sc4c3CCCC4)cc2)cc1. The van der Waals surface area contributed by atoms with E-state index < -0.39 is 22.0 Å². The first-order chi connectivity index (χ1) is 26.9. The molecule has 1 N–H and O–H groups in total. The van der Waals surface area contributed by atoms with Gasteiger partial charge < -0.3 is 14.8 Å². The van der Waals surface area contributed by atoms with Crippen LogP contribution < -0.4 is 9.62 Å². The minimum atomic E-state index is -4.18. The molecule has 0 spiro atoms. The van der Waals surface area contributed by atoms with E-state index in [4.69, 9.17) is 9.47 Å². The fourth-order valence-electron chi connectivity index (χ4n) is 6.78. The molecule has 1 aliphatic carbocycles. The summed E-state index contributed by atoms with van der Waals surface area (Å²) in [4.78, 5) is 57.4. The number of hydrogen-bond acceptors (Lipinski definition) is 10. The van der Waals surface area contributed by atoms with E-state index in [2.05, 4.69) is 10.3 Å². The maximum Gasteiger partial charge on any atom is 0.339 e. The van der Waals surface area contributed by atoms with Crippen LogP contribution in [-0.2, 0) is 51.6 Å². The van der Waals surface area contributed by atoms with Crippen molar-refractivity contribution in [2.24, 2.45) is 0 Å². The van der Waals surface area contributed by atoms with Crippen LogP contribution in [0.15, 0.2) is 96.0 Å². The zero-order chi connectivity index (χ0) is 40.0. The van der Waals surface area contributed by atoms with Gasteiger partial charge in [0.2, 0.25) is 0 Å². The van der Waals surface area contributed by atoms with E-state index in [1.807, 2.05) is 36.4 Å². The quantitative estimate of drug-likeness (QED) is 0.0884. The molecular weight excluding hydrogens is 751 g/mol. The third-order valence-corrected chi connectivity index (χ3v) is 12.9. The molecule has 0 atom stereocenters. The van der Waals surface area contributed by atoms with E-state index in [9.17, 15) is 27.6 Å². The molecule has 290 valence electrons. The average molecular weight is 794 g/mol. The standard InChI is InChI=1S/C43H43N3O8S2/c1-27(2)46(39-23-20-32(26-44-39)43(50)54-4)56(51,52)34-9-7-8-31(24-34)36(47)25-38-40(35-10-5-6-11-37(35)55-38)41(48)45-33-21-16-29(17-22-33)13-12-28-14-18-30(19-15-28)42(49)53-3/h7-9,14-24,26-27H,5-6,10-13,25H2,1-4H3,(H,45,48). The number of aromatic nitrogens is 1. The number of Topliss-reactive ketones (excluding diaryl/α,β-unsaturated/α-hetero) is 1. The fraction of sp³-hybridized carbons (Fsp3) is 0.279. The molecule has 56 heavy (non-hydrogen) atoms. The fourth-order valence-corrected chi connectivity index (χ4v) is 9.84. The Labute approximate surface area is 330 Å². The number of fused-ring (bicyclic) bond motifs is 1. The maximum absolute atomic E-state index is 14.0. The number of ketones is 1. The summed E-state index contributed by atoms with van der Waals surface area (Å²) in [5.41, 5.74) is 5.21. The summed E-state index contributed by atoms with van der Waals surface area (Å²) in [6.07, 6.45) is 6.28. The Morgan fingerprint density at radius 2 is 1.43 bits per heavy atom. The third kappa shape index (κ3) is 8.90. The number of rotatable bonds is 14. The highest BCUT2D eigenvalue weighted by molar-refractivity contribution is 7.92. The topological polar surface area (TPSA) is 149 Å². The molecule has 0 saturated heterocycles. The van der Waals surface area contributed by atoms with Gasteiger partial charge in [0.05, 0.1) is 35.8 Å². The van der Waals surface area contributed by atoms with Crippen LogP contribution in [0.25, 0.3) is 0 Å². The first-order valence-electron chi connectivity index (χ1n) is 18.3. The third-order valence-electron chi connectivity index (χ3n) is 9.66. The van der Waals surface area contributed by atoms with Crippen LogP contribution in [0.4, 0.5) is 11.5 Å². The molecule has 6 rings (SSSR count). The number of anilines is 2. The van der Waals surface area contributed by atoms with Crippen LogP contribution >= 0.6 is 11.3 Å². The molecule has 0 aliphatic heterocycles. The Balaban J connectivity index is 1.17. The summed E-state index contributed by atoms with van der Waals surface area (Å²) in [5.74, 6) is -1.44. The van der Waals surface area contributed by atoms with Gasteiger partial charge in [-0.15, -0.1) is 11.3 Å². The number of nitrogens with zero attached hydrogens (tertiary/aromatic N) is 2. The Kier molecular flexibility index (Phi) is 12.5. The van der Waals surface area contributed by atoms with Crippen molar-refractivity contribution in [2.45, 2.75) is 69.7 Å². The van der Waals surface area contributed by atoms with Gasteiger partial charge in [-0.3, -0.25) is 9.59 Å². The summed E-state index contributed by atoms with van der Waals surface area (Å²) in [6, 6.07) is 23.3. The minimum absolute atomic E-state index is 0.0616. The van der Waals surface area contributed by atoms with Crippen LogP contribution in [0.5, 0.6) is 0 Å². The number of carbonyl (C=O) groups is 4. The maximum atomic E-state index is 14.0. The van der Waals surface area contributed by atoms with Crippen LogP contribution in [0, 0.1) is 0 Å². The number of aryl methyl sites for hydroxylation is 3. The van der Waals surface area contributed by atoms with E-state index in [0.717, 1.165) is 64.4 Å². The Morgan fingerprint density at radius 1 is 0.804 bits per heavy atom. The van der Waals surface area contributed by atoms with Crippen molar-refractivity contribution in [2.75, 3.05) is 23.8 Å². The highest BCUT2D eigenvalue weighted by Crippen LogP contribution is 2.36. The molecule has 11 nitrogen and oxygen atoms in total. The molecule has 3 aromatic carbocycles. The number of nitrogens with one attached hydrogen (secondary N) is 1. The number of sulfonamides is 1. The van der Waals surface area contributed by atoms with Crippen molar-refractivity contribution in [3.05, 3.63) is 140 Å². The zero-order valence-corrected chi connectivity index (χ0v) is 33.3. The summed E-state index contributed by atoms with van der Waals surface area (Å²) in [5, 5.41) is 3.05. The van der Waals surface area contributed by atoms with Crippen molar-refractivity contribution < 1.29 is 37.1 Å². The van der Waals surface area contributed by atoms with Gasteiger partial charge in [-0.25, -0.2) is 27.3 Å². The van der Waals surface area contributed by atoms with E-state index in [1.165, 1.54) is 62.1 Å². The molecule has 2 heterocycles. The lowest BCUT2D eigenvalue weighted by Crippen LogP contribution is -2.37. The Morgan fingerprint density at radius 3 is 2.05 bits per heavy atom. The van der Waals surface area contributed by atoms with Crippen LogP contribution in [0.2, 0.25) is 0 Å². The molecule has 0 bridgehead atoms. The number of methoxy groups -OCH3 is 2. The van der Waals surface area contributed by atoms with Gasteiger partial charge in [0, 0.05) is 39.7 Å². The van der Waals surface area contributed by atoms with Crippen molar-refractivity contribution in [1.29, 1.82) is 0 Å². The largest absolute Gasteiger partial charge is 0.465 e. The molecule has 0 saturated carbocycles. The first-order valence-corrected chi connectivity index (χ1v) is 20.6. The second kappa shape index (κ2) is 17.4. The normalized spacial score (nSPS) is 12.4. The Bertz CT molecular complexity index is 2350. The van der Waals surface area contributed by atoms with Gasteiger partial charge in [0.25, 0.3) is 15.9 Å². The van der Waals surface area contributed by atoms with Crippen molar-refractivity contribution >= 4 is 56.5 Å². The number of ether oxygens (including phenoxy) is 2. The van der Waals surface area contributed by atoms with Gasteiger partial charge >= 0.3 is 11.9 Å². The van der Waals surface area contributed by atoms with Gasteiger partial charge in [-0.1, -0.05) is 36.4 Å². The zero-order valence-electron chi connectivity index (χ0n) is 31.7. The highest BCUT2D eigenvalue weighted by atomic mass is 32.2. The van der Waals surface area contributed by atoms with E-state index in [-0.39, 0.29) is 45.9 Å². The summed E-state index contributed by atoms with van der Waals surface area (Å²) >= 11 is 1.48. The van der Waals surface area contributed by atoms with Crippen molar-refractivity contribution in [1.82, 2.24) is 4.98 Å². The predicted octanol–water partition coefficient (Wildman–Crippen LogP) is 7.66. The lowest BCUT2D eigenvalue weighted by molar-refractivity contribution is 0.0591. The summed E-state index contributed by atoms with van der Waals surface area (Å²) in [7, 11) is -1.57. The van der Waals surface area contributed by atoms with Crippen LogP contribution in [-0.4, -0.2) is 57.3 Å². The van der Waals surface area contributed by atoms with E-state index in [0.29, 0.717) is 21.7 Å². The van der Waals surface area contributed by atoms with E-state index >= 15 is 0 Å². The number of amides is 1. The lowest BCUT2D eigenvalue weighted by Gasteiger charge is -2.27. The average Bonchev–Trinajstić information content (AvgIpc) is 3.58. The van der Waals surface area contributed by atoms with Crippen LogP contribution in [0.3, 0.4) is 0 Å². The minimum Gasteiger partial charge on any atom is -0.465 e. The van der Waals surface area contributed by atoms with Crippen molar-refractivity contribution in [3.8, 4) is 0 Å². The molecule has 0 unspecified atom stereocenters. The predicted molar refractivity (Wildman–Crippen MR) is 215 cm³/mol. The van der Waals surface area contributed by atoms with Gasteiger partial charge in [0.1, 0.15) is 5.82 Å². The summed E-state index contributed by atoms with van der Waals surface area (Å²) < 4.78 is 38.7.